The summed E-state index contributed by atoms with van der Waals surface area (Å²) in [6.07, 6.45) is 5.01. The van der Waals surface area contributed by atoms with Crippen LogP contribution in [-0.4, -0.2) is 44.3 Å². The lowest BCUT2D eigenvalue weighted by Gasteiger charge is -2.36. The highest BCUT2D eigenvalue weighted by molar-refractivity contribution is 5.85. The van der Waals surface area contributed by atoms with Crippen molar-refractivity contribution >= 4 is 11.9 Å². The number of hydrogen-bond donors (Lipinski definition) is 1. The van der Waals surface area contributed by atoms with E-state index in [0.29, 0.717) is 18.9 Å². The van der Waals surface area contributed by atoms with E-state index in [0.717, 1.165) is 17.7 Å². The summed E-state index contributed by atoms with van der Waals surface area (Å²) in [5, 5.41) is 13.7. The Morgan fingerprint density at radius 3 is 2.75 bits per heavy atom. The van der Waals surface area contributed by atoms with Gasteiger partial charge in [0, 0.05) is 12.7 Å². The van der Waals surface area contributed by atoms with Crippen LogP contribution in [0.15, 0.2) is 42.7 Å². The highest BCUT2D eigenvalue weighted by Crippen LogP contribution is 2.23. The van der Waals surface area contributed by atoms with Crippen LogP contribution < -0.4 is 0 Å². The molecule has 3 rings (SSSR count). The number of carbonyl (C=O) groups is 2. The predicted molar refractivity (Wildman–Crippen MR) is 88.8 cm³/mol. The number of aliphatic carboxylic acids is 1. The second-order valence-corrected chi connectivity index (χ2v) is 6.38. The number of hydrogen-bond acceptors (Lipinski definition) is 3. The van der Waals surface area contributed by atoms with Gasteiger partial charge in [-0.3, -0.25) is 4.79 Å². The summed E-state index contributed by atoms with van der Waals surface area (Å²) in [7, 11) is 0. The van der Waals surface area contributed by atoms with Crippen molar-refractivity contribution in [1.29, 1.82) is 0 Å². The predicted octanol–water partition coefficient (Wildman–Crippen LogP) is 2.13. The van der Waals surface area contributed by atoms with Gasteiger partial charge in [-0.25, -0.2) is 9.48 Å². The number of benzene rings is 1. The van der Waals surface area contributed by atoms with Gasteiger partial charge in [0.15, 0.2) is 0 Å². The SMILES string of the molecule is CC1CCN(C(=O)Cc2cnn(-c3ccccc3)c2)C(C(=O)O)C1. The molecular formula is C18H21N3O3. The van der Waals surface area contributed by atoms with Gasteiger partial charge >= 0.3 is 5.97 Å². The first kappa shape index (κ1) is 16.2. The molecule has 6 nitrogen and oxygen atoms in total. The Bertz CT molecular complexity index is 726. The third-order valence-electron chi connectivity index (χ3n) is 4.48. The third kappa shape index (κ3) is 3.48. The Morgan fingerprint density at radius 1 is 1.29 bits per heavy atom. The monoisotopic (exact) mass is 327 g/mol. The smallest absolute Gasteiger partial charge is 0.326 e. The van der Waals surface area contributed by atoms with Crippen molar-refractivity contribution in [2.75, 3.05) is 6.54 Å². The van der Waals surface area contributed by atoms with Crippen LogP contribution in [0, 0.1) is 5.92 Å². The van der Waals surface area contributed by atoms with E-state index >= 15 is 0 Å². The Balaban J connectivity index is 1.70. The van der Waals surface area contributed by atoms with Crippen LogP contribution in [0.5, 0.6) is 0 Å². The van der Waals surface area contributed by atoms with Crippen molar-refractivity contribution in [3.05, 3.63) is 48.3 Å². The van der Waals surface area contributed by atoms with Gasteiger partial charge in [-0.1, -0.05) is 25.1 Å². The Morgan fingerprint density at radius 2 is 2.04 bits per heavy atom. The second-order valence-electron chi connectivity index (χ2n) is 6.38. The van der Waals surface area contributed by atoms with E-state index in [1.807, 2.05) is 43.5 Å². The standard InChI is InChI=1S/C18H21N3O3/c1-13-7-8-20(16(9-13)18(23)24)17(22)10-14-11-19-21(12-14)15-5-3-2-4-6-15/h2-6,11-13,16H,7-10H2,1H3,(H,23,24). The molecule has 1 fully saturated rings. The van der Waals surface area contributed by atoms with Gasteiger partial charge in [0.2, 0.25) is 5.91 Å². The molecule has 1 N–H and O–H groups in total. The number of piperidine rings is 1. The summed E-state index contributed by atoms with van der Waals surface area (Å²) < 4.78 is 1.72. The van der Waals surface area contributed by atoms with Crippen LogP contribution in [0.2, 0.25) is 0 Å². The minimum Gasteiger partial charge on any atom is -0.480 e. The van der Waals surface area contributed by atoms with Gasteiger partial charge in [0.25, 0.3) is 0 Å². The van der Waals surface area contributed by atoms with Crippen molar-refractivity contribution in [3.8, 4) is 5.69 Å². The Kier molecular flexibility index (Phi) is 4.64. The maximum Gasteiger partial charge on any atom is 0.326 e. The third-order valence-corrected chi connectivity index (χ3v) is 4.48. The van der Waals surface area contributed by atoms with Crippen molar-refractivity contribution in [2.24, 2.45) is 5.92 Å². The molecule has 2 unspecified atom stereocenters. The average Bonchev–Trinajstić information content (AvgIpc) is 3.04. The molecule has 0 saturated carbocycles. The topological polar surface area (TPSA) is 75.4 Å². The molecule has 1 saturated heterocycles. The first-order valence-electron chi connectivity index (χ1n) is 8.16. The Labute approximate surface area is 140 Å². The highest BCUT2D eigenvalue weighted by atomic mass is 16.4. The second kappa shape index (κ2) is 6.86. The summed E-state index contributed by atoms with van der Waals surface area (Å²) >= 11 is 0. The average molecular weight is 327 g/mol. The summed E-state index contributed by atoms with van der Waals surface area (Å²) in [5.41, 5.74) is 1.71. The maximum atomic E-state index is 12.6. The Hall–Kier alpha value is -2.63. The van der Waals surface area contributed by atoms with Gasteiger partial charge < -0.3 is 10.0 Å². The normalized spacial score (nSPS) is 20.8. The van der Waals surface area contributed by atoms with Gasteiger partial charge in [0.05, 0.1) is 18.3 Å². The van der Waals surface area contributed by atoms with Crippen LogP contribution >= 0.6 is 0 Å². The molecule has 0 spiro atoms. The molecule has 0 bridgehead atoms. The van der Waals surface area contributed by atoms with Crippen molar-refractivity contribution in [3.63, 3.8) is 0 Å². The molecule has 1 aliphatic heterocycles. The molecule has 2 heterocycles. The molecule has 0 aliphatic carbocycles. The van der Waals surface area contributed by atoms with E-state index in [1.165, 1.54) is 4.90 Å². The number of para-hydroxylation sites is 1. The van der Waals surface area contributed by atoms with E-state index in [1.54, 1.807) is 10.9 Å². The molecule has 0 radical (unpaired) electrons. The number of nitrogens with zero attached hydrogens (tertiary/aromatic N) is 3. The summed E-state index contributed by atoms with van der Waals surface area (Å²) in [5.74, 6) is -0.743. The zero-order chi connectivity index (χ0) is 17.1. The zero-order valence-electron chi connectivity index (χ0n) is 13.6. The maximum absolute atomic E-state index is 12.6. The van der Waals surface area contributed by atoms with Crippen LogP contribution in [0.25, 0.3) is 5.69 Å². The molecule has 1 aliphatic rings. The zero-order valence-corrected chi connectivity index (χ0v) is 13.6. The van der Waals surface area contributed by atoms with E-state index in [2.05, 4.69) is 5.10 Å². The van der Waals surface area contributed by atoms with Crippen LogP contribution in [0.1, 0.15) is 25.3 Å². The molecular weight excluding hydrogens is 306 g/mol. The first-order valence-corrected chi connectivity index (χ1v) is 8.16. The van der Waals surface area contributed by atoms with Gasteiger partial charge in [-0.2, -0.15) is 5.10 Å². The quantitative estimate of drug-likeness (QED) is 0.933. The molecule has 1 amide bonds. The number of carbonyl (C=O) groups excluding carboxylic acids is 1. The number of likely N-dealkylation sites (tertiary alicyclic amines) is 1. The number of carboxylic acid groups (broad SMARTS) is 1. The molecule has 6 heteroatoms. The van der Waals surface area contributed by atoms with E-state index in [-0.39, 0.29) is 12.3 Å². The van der Waals surface area contributed by atoms with Gasteiger partial charge in [0.1, 0.15) is 6.04 Å². The van der Waals surface area contributed by atoms with E-state index in [4.69, 9.17) is 0 Å². The van der Waals surface area contributed by atoms with E-state index in [9.17, 15) is 14.7 Å². The fourth-order valence-electron chi connectivity index (χ4n) is 3.12. The van der Waals surface area contributed by atoms with Crippen LogP contribution in [0.3, 0.4) is 0 Å². The minimum absolute atomic E-state index is 0.151. The number of rotatable bonds is 4. The summed E-state index contributed by atoms with van der Waals surface area (Å²) in [6, 6.07) is 8.93. The lowest BCUT2D eigenvalue weighted by Crippen LogP contribution is -2.50. The number of carboxylic acids is 1. The van der Waals surface area contributed by atoms with Crippen LogP contribution in [-0.2, 0) is 16.0 Å². The summed E-state index contributed by atoms with van der Waals surface area (Å²) in [4.78, 5) is 25.5. The largest absolute Gasteiger partial charge is 0.480 e. The minimum atomic E-state index is -0.921. The van der Waals surface area contributed by atoms with Crippen molar-refractivity contribution in [2.45, 2.75) is 32.2 Å². The van der Waals surface area contributed by atoms with Crippen LogP contribution in [0.4, 0.5) is 0 Å². The molecule has 2 aromatic rings. The lowest BCUT2D eigenvalue weighted by atomic mass is 9.92. The number of aromatic nitrogens is 2. The summed E-state index contributed by atoms with van der Waals surface area (Å²) in [6.45, 7) is 2.53. The molecule has 2 atom stereocenters. The van der Waals surface area contributed by atoms with E-state index < -0.39 is 12.0 Å². The van der Waals surface area contributed by atoms with Crippen molar-refractivity contribution < 1.29 is 14.7 Å². The molecule has 1 aromatic heterocycles. The lowest BCUT2D eigenvalue weighted by molar-refractivity contribution is -0.152. The molecule has 24 heavy (non-hydrogen) atoms. The van der Waals surface area contributed by atoms with Gasteiger partial charge in [-0.05, 0) is 36.5 Å². The number of amides is 1. The molecule has 126 valence electrons. The fraction of sp³-hybridized carbons (Fsp3) is 0.389. The molecule has 1 aromatic carbocycles. The highest BCUT2D eigenvalue weighted by Gasteiger charge is 2.34. The van der Waals surface area contributed by atoms with Gasteiger partial charge in [-0.15, -0.1) is 0 Å². The van der Waals surface area contributed by atoms with Crippen molar-refractivity contribution in [1.82, 2.24) is 14.7 Å². The fourth-order valence-corrected chi connectivity index (χ4v) is 3.12. The first-order chi connectivity index (χ1) is 11.5.